The van der Waals surface area contributed by atoms with E-state index in [1.54, 1.807) is 0 Å². The highest BCUT2D eigenvalue weighted by molar-refractivity contribution is 5.79. The predicted octanol–water partition coefficient (Wildman–Crippen LogP) is 3.68. The molecule has 6 heteroatoms. The molecule has 3 rings (SSSR count). The summed E-state index contributed by atoms with van der Waals surface area (Å²) in [6, 6.07) is 8.80. The number of aliphatic imine (C=N–C) groups is 1. The average Bonchev–Trinajstić information content (AvgIpc) is 3.34. The van der Waals surface area contributed by atoms with Gasteiger partial charge in [0.15, 0.2) is 5.96 Å². The van der Waals surface area contributed by atoms with Crippen molar-refractivity contribution >= 4 is 5.96 Å². The molecule has 0 bridgehead atoms. The van der Waals surface area contributed by atoms with Crippen molar-refractivity contribution < 1.29 is 9.84 Å². The maximum absolute atomic E-state index is 9.67. The average molecular weight is 445 g/mol. The predicted molar refractivity (Wildman–Crippen MR) is 132 cm³/mol. The molecule has 3 N–H and O–H groups in total. The number of rotatable bonds is 11. The van der Waals surface area contributed by atoms with Crippen molar-refractivity contribution in [3.8, 4) is 0 Å². The molecule has 1 unspecified atom stereocenters. The Morgan fingerprint density at radius 2 is 1.75 bits per heavy atom. The van der Waals surface area contributed by atoms with Gasteiger partial charge in [-0.1, -0.05) is 37.1 Å². The van der Waals surface area contributed by atoms with E-state index >= 15 is 0 Å². The first-order chi connectivity index (χ1) is 15.7. The maximum Gasteiger partial charge on any atom is 0.191 e. The Morgan fingerprint density at radius 1 is 1.06 bits per heavy atom. The van der Waals surface area contributed by atoms with Crippen LogP contribution in [0.2, 0.25) is 0 Å². The van der Waals surface area contributed by atoms with E-state index in [0.717, 1.165) is 70.5 Å². The second-order valence-electron chi connectivity index (χ2n) is 9.27. The summed E-state index contributed by atoms with van der Waals surface area (Å²) in [7, 11) is 0. The highest BCUT2D eigenvalue weighted by atomic mass is 16.5. The van der Waals surface area contributed by atoms with Crippen molar-refractivity contribution in [2.75, 3.05) is 32.8 Å². The number of piperidine rings is 1. The van der Waals surface area contributed by atoms with Crippen LogP contribution in [0.25, 0.3) is 0 Å². The summed E-state index contributed by atoms with van der Waals surface area (Å²) < 4.78 is 6.05. The van der Waals surface area contributed by atoms with Crippen molar-refractivity contribution in [2.24, 2.45) is 10.9 Å². The zero-order valence-electron chi connectivity index (χ0n) is 20.2. The number of likely N-dealkylation sites (tertiary alicyclic amines) is 1. The molecular weight excluding hydrogens is 400 g/mol. The van der Waals surface area contributed by atoms with E-state index in [9.17, 15) is 5.11 Å². The number of nitrogens with one attached hydrogen (secondary N) is 2. The van der Waals surface area contributed by atoms with Crippen LogP contribution in [0.3, 0.4) is 0 Å². The third-order valence-corrected chi connectivity index (χ3v) is 6.78. The number of aliphatic hydroxyl groups excluding tert-OH is 1. The lowest BCUT2D eigenvalue weighted by molar-refractivity contribution is 0.0169. The van der Waals surface area contributed by atoms with E-state index in [0.29, 0.717) is 12.6 Å². The van der Waals surface area contributed by atoms with Crippen molar-refractivity contribution in [1.82, 2.24) is 15.5 Å². The molecule has 32 heavy (non-hydrogen) atoms. The first kappa shape index (κ1) is 25.0. The van der Waals surface area contributed by atoms with Gasteiger partial charge in [-0.25, -0.2) is 4.99 Å². The van der Waals surface area contributed by atoms with Gasteiger partial charge in [-0.05, 0) is 63.0 Å². The Balaban J connectivity index is 1.45. The van der Waals surface area contributed by atoms with Gasteiger partial charge >= 0.3 is 0 Å². The van der Waals surface area contributed by atoms with E-state index in [1.165, 1.54) is 36.8 Å². The van der Waals surface area contributed by atoms with E-state index in [2.05, 4.69) is 53.6 Å². The van der Waals surface area contributed by atoms with Crippen LogP contribution in [0.15, 0.2) is 29.3 Å². The number of benzene rings is 1. The topological polar surface area (TPSA) is 69.1 Å². The van der Waals surface area contributed by atoms with Gasteiger partial charge in [-0.2, -0.15) is 0 Å². The fourth-order valence-electron chi connectivity index (χ4n) is 4.93. The number of aliphatic hydroxyl groups is 1. The fourth-order valence-corrected chi connectivity index (χ4v) is 4.93. The minimum absolute atomic E-state index is 0.112. The van der Waals surface area contributed by atoms with E-state index < -0.39 is 0 Å². The number of guanidine groups is 1. The first-order valence-corrected chi connectivity index (χ1v) is 12.8. The molecule has 0 radical (unpaired) electrons. The molecule has 0 aromatic heterocycles. The zero-order valence-corrected chi connectivity index (χ0v) is 20.2. The Labute approximate surface area is 194 Å². The number of hydrogen-bond donors (Lipinski definition) is 3. The minimum Gasteiger partial charge on any atom is -0.393 e. The standard InChI is InChI=1S/C26H44N4O2/c1-3-27-26(28-16-13-25(32-4-2)23-7-5-6-8-23)29-19-21-9-11-22(12-10-21)20-30-17-14-24(31)15-18-30/h9-12,23-25,31H,3-8,13-20H2,1-2H3,(H2,27,28,29). The smallest absolute Gasteiger partial charge is 0.191 e. The highest BCUT2D eigenvalue weighted by Gasteiger charge is 2.25. The minimum atomic E-state index is -0.112. The SMILES string of the molecule is CCNC(=NCc1ccc(CN2CCC(O)CC2)cc1)NCCC(OCC)C1CCCC1. The van der Waals surface area contributed by atoms with Crippen LogP contribution in [0.5, 0.6) is 0 Å². The molecule has 0 spiro atoms. The van der Waals surface area contributed by atoms with Crippen LogP contribution in [0.1, 0.15) is 69.9 Å². The molecule has 1 aliphatic heterocycles. The highest BCUT2D eigenvalue weighted by Crippen LogP contribution is 2.30. The van der Waals surface area contributed by atoms with Crippen LogP contribution in [0, 0.1) is 5.92 Å². The summed E-state index contributed by atoms with van der Waals surface area (Å²) in [6.45, 7) is 10.3. The molecule has 1 aromatic rings. The number of hydrogen-bond acceptors (Lipinski definition) is 4. The van der Waals surface area contributed by atoms with Crippen molar-refractivity contribution in [3.63, 3.8) is 0 Å². The van der Waals surface area contributed by atoms with Crippen molar-refractivity contribution in [2.45, 2.75) is 84.1 Å². The monoisotopic (exact) mass is 444 g/mol. The van der Waals surface area contributed by atoms with Gasteiger partial charge in [0.2, 0.25) is 0 Å². The zero-order chi connectivity index (χ0) is 22.6. The maximum atomic E-state index is 9.67. The Morgan fingerprint density at radius 3 is 2.41 bits per heavy atom. The van der Waals surface area contributed by atoms with Crippen LogP contribution in [-0.2, 0) is 17.8 Å². The van der Waals surface area contributed by atoms with Crippen LogP contribution in [0.4, 0.5) is 0 Å². The van der Waals surface area contributed by atoms with Crippen LogP contribution in [-0.4, -0.2) is 61.0 Å². The van der Waals surface area contributed by atoms with E-state index in [-0.39, 0.29) is 6.10 Å². The fraction of sp³-hybridized carbons (Fsp3) is 0.731. The van der Waals surface area contributed by atoms with Crippen molar-refractivity contribution in [1.29, 1.82) is 0 Å². The lowest BCUT2D eigenvalue weighted by Crippen LogP contribution is -2.39. The normalized spacial score (nSPS) is 19.9. The van der Waals surface area contributed by atoms with Crippen LogP contribution >= 0.6 is 0 Å². The lowest BCUT2D eigenvalue weighted by atomic mass is 9.98. The van der Waals surface area contributed by atoms with Gasteiger partial charge in [0.1, 0.15) is 0 Å². The largest absolute Gasteiger partial charge is 0.393 e. The molecule has 6 nitrogen and oxygen atoms in total. The molecule has 1 heterocycles. The summed E-state index contributed by atoms with van der Waals surface area (Å²) in [6.07, 6.45) is 8.40. The van der Waals surface area contributed by atoms with Gasteiger partial charge < -0.3 is 20.5 Å². The van der Waals surface area contributed by atoms with Gasteiger partial charge in [0.25, 0.3) is 0 Å². The molecule has 1 atom stereocenters. The molecule has 1 aromatic carbocycles. The molecule has 2 fully saturated rings. The van der Waals surface area contributed by atoms with Gasteiger partial charge in [0, 0.05) is 39.3 Å². The summed E-state index contributed by atoms with van der Waals surface area (Å²) in [4.78, 5) is 7.22. The Kier molecular flexibility index (Phi) is 10.8. The Bertz CT molecular complexity index is 665. The molecule has 1 aliphatic carbocycles. The van der Waals surface area contributed by atoms with Gasteiger partial charge in [-0.15, -0.1) is 0 Å². The number of nitrogens with zero attached hydrogens (tertiary/aromatic N) is 2. The summed E-state index contributed by atoms with van der Waals surface area (Å²) in [5.41, 5.74) is 2.55. The molecule has 1 saturated carbocycles. The molecular formula is C26H44N4O2. The molecule has 180 valence electrons. The quantitative estimate of drug-likeness (QED) is 0.359. The number of ether oxygens (including phenoxy) is 1. The summed E-state index contributed by atoms with van der Waals surface area (Å²) >= 11 is 0. The van der Waals surface area contributed by atoms with Crippen molar-refractivity contribution in [3.05, 3.63) is 35.4 Å². The van der Waals surface area contributed by atoms with Crippen LogP contribution < -0.4 is 10.6 Å². The third kappa shape index (κ3) is 8.38. The first-order valence-electron chi connectivity index (χ1n) is 12.8. The molecule has 0 amide bonds. The second kappa shape index (κ2) is 13.8. The molecule has 2 aliphatic rings. The van der Waals surface area contributed by atoms with E-state index in [4.69, 9.17) is 9.73 Å². The van der Waals surface area contributed by atoms with Gasteiger partial charge in [0.05, 0.1) is 18.8 Å². The van der Waals surface area contributed by atoms with E-state index in [1.807, 2.05) is 0 Å². The Hall–Kier alpha value is -1.63. The summed E-state index contributed by atoms with van der Waals surface area (Å²) in [5, 5.41) is 16.5. The van der Waals surface area contributed by atoms with Gasteiger partial charge in [-0.3, -0.25) is 4.90 Å². The second-order valence-corrected chi connectivity index (χ2v) is 9.27. The molecule has 1 saturated heterocycles. The lowest BCUT2D eigenvalue weighted by Gasteiger charge is -2.29. The third-order valence-electron chi connectivity index (χ3n) is 6.78. The summed E-state index contributed by atoms with van der Waals surface area (Å²) in [5.74, 6) is 1.61.